The second-order valence-corrected chi connectivity index (χ2v) is 4.50. The standard InChI is InChI=1S/C11H8BrF5O2/c12-8-3-1-2-7(6-8)4-5-19-9(18)10(13,14)11(15,16)17/h1-3,6H,4-5H2. The van der Waals surface area contributed by atoms with E-state index in [1.54, 1.807) is 24.3 Å². The smallest absolute Gasteiger partial charge is 0.461 e. The van der Waals surface area contributed by atoms with Gasteiger partial charge in [-0.2, -0.15) is 22.0 Å². The molecule has 2 nitrogen and oxygen atoms in total. The van der Waals surface area contributed by atoms with Crippen LogP contribution in [0.4, 0.5) is 22.0 Å². The van der Waals surface area contributed by atoms with Gasteiger partial charge in [0.2, 0.25) is 0 Å². The van der Waals surface area contributed by atoms with Crippen molar-refractivity contribution in [2.24, 2.45) is 0 Å². The number of benzene rings is 1. The molecular weight excluding hydrogens is 339 g/mol. The summed E-state index contributed by atoms with van der Waals surface area (Å²) in [5.74, 6) is -8.07. The van der Waals surface area contributed by atoms with Crippen LogP contribution in [0.2, 0.25) is 0 Å². The van der Waals surface area contributed by atoms with Gasteiger partial charge in [-0.15, -0.1) is 0 Å². The van der Waals surface area contributed by atoms with E-state index in [0.717, 1.165) is 4.47 Å². The van der Waals surface area contributed by atoms with Crippen LogP contribution in [0.15, 0.2) is 28.7 Å². The summed E-state index contributed by atoms with van der Waals surface area (Å²) in [7, 11) is 0. The maximum absolute atomic E-state index is 12.5. The number of alkyl halides is 5. The van der Waals surface area contributed by atoms with Crippen LogP contribution in [0, 0.1) is 0 Å². The van der Waals surface area contributed by atoms with Crippen molar-refractivity contribution in [3.8, 4) is 0 Å². The third-order valence-electron chi connectivity index (χ3n) is 2.13. The number of carbonyl (C=O) groups excluding carboxylic acids is 1. The van der Waals surface area contributed by atoms with Gasteiger partial charge in [-0.3, -0.25) is 0 Å². The Morgan fingerprint density at radius 1 is 1.21 bits per heavy atom. The Morgan fingerprint density at radius 3 is 2.37 bits per heavy atom. The van der Waals surface area contributed by atoms with E-state index < -0.39 is 24.7 Å². The summed E-state index contributed by atoms with van der Waals surface area (Å²) < 4.78 is 65.2. The first kappa shape index (κ1) is 15.9. The maximum atomic E-state index is 12.5. The summed E-state index contributed by atoms with van der Waals surface area (Å²) in [6, 6.07) is 6.63. The van der Waals surface area contributed by atoms with Gasteiger partial charge < -0.3 is 4.74 Å². The Labute approximate surface area is 113 Å². The van der Waals surface area contributed by atoms with Gasteiger partial charge in [0.1, 0.15) is 0 Å². The average molecular weight is 347 g/mol. The van der Waals surface area contributed by atoms with Gasteiger partial charge in [0.15, 0.2) is 0 Å². The second kappa shape index (κ2) is 5.85. The SMILES string of the molecule is O=C(OCCc1cccc(Br)c1)C(F)(F)C(F)(F)F. The van der Waals surface area contributed by atoms with E-state index in [9.17, 15) is 26.7 Å². The molecule has 8 heteroatoms. The van der Waals surface area contributed by atoms with E-state index in [-0.39, 0.29) is 6.42 Å². The molecule has 0 fully saturated rings. The molecule has 1 rings (SSSR count). The highest BCUT2D eigenvalue weighted by atomic mass is 79.9. The fourth-order valence-corrected chi connectivity index (χ4v) is 1.61. The molecule has 19 heavy (non-hydrogen) atoms. The molecule has 0 bridgehead atoms. The summed E-state index contributed by atoms with van der Waals surface area (Å²) in [5.41, 5.74) is 0.637. The van der Waals surface area contributed by atoms with E-state index in [4.69, 9.17) is 0 Å². The van der Waals surface area contributed by atoms with Crippen molar-refractivity contribution in [1.82, 2.24) is 0 Å². The highest BCUT2D eigenvalue weighted by Gasteiger charge is 2.64. The largest absolute Gasteiger partial charge is 0.465 e. The Morgan fingerprint density at radius 2 is 1.84 bits per heavy atom. The lowest BCUT2D eigenvalue weighted by Gasteiger charge is -2.17. The first-order valence-corrected chi connectivity index (χ1v) is 5.80. The van der Waals surface area contributed by atoms with Crippen molar-refractivity contribution in [1.29, 1.82) is 0 Å². The normalized spacial score (nSPS) is 12.3. The molecule has 0 aliphatic rings. The molecular formula is C11H8BrF5O2. The molecule has 0 unspecified atom stereocenters. The van der Waals surface area contributed by atoms with E-state index >= 15 is 0 Å². The molecule has 0 aromatic heterocycles. The van der Waals surface area contributed by atoms with E-state index in [0.29, 0.717) is 5.56 Å². The zero-order valence-corrected chi connectivity index (χ0v) is 10.9. The molecule has 1 aromatic rings. The lowest BCUT2D eigenvalue weighted by molar-refractivity contribution is -0.280. The minimum absolute atomic E-state index is 0.0408. The summed E-state index contributed by atoms with van der Waals surface area (Å²) in [6.07, 6.45) is -5.90. The minimum atomic E-state index is -5.94. The summed E-state index contributed by atoms with van der Waals surface area (Å²) in [4.78, 5) is 10.7. The molecule has 0 aliphatic heterocycles. The summed E-state index contributed by atoms with van der Waals surface area (Å²) >= 11 is 3.16. The number of hydrogen-bond acceptors (Lipinski definition) is 2. The Kier molecular flexibility index (Phi) is 4.89. The average Bonchev–Trinajstić information content (AvgIpc) is 2.27. The highest BCUT2D eigenvalue weighted by Crippen LogP contribution is 2.36. The monoisotopic (exact) mass is 346 g/mol. The predicted molar refractivity (Wildman–Crippen MR) is 59.8 cm³/mol. The number of esters is 1. The van der Waals surface area contributed by atoms with E-state index in [1.165, 1.54) is 0 Å². The second-order valence-electron chi connectivity index (χ2n) is 3.59. The van der Waals surface area contributed by atoms with Gasteiger partial charge in [-0.1, -0.05) is 28.1 Å². The number of hydrogen-bond donors (Lipinski definition) is 0. The summed E-state index contributed by atoms with van der Waals surface area (Å²) in [5, 5.41) is 0. The van der Waals surface area contributed by atoms with Gasteiger partial charge in [0.05, 0.1) is 6.61 Å². The van der Waals surface area contributed by atoms with Crippen LogP contribution in [0.25, 0.3) is 0 Å². The van der Waals surface area contributed by atoms with Crippen molar-refractivity contribution in [3.63, 3.8) is 0 Å². The molecule has 106 valence electrons. The molecule has 0 saturated heterocycles. The van der Waals surface area contributed by atoms with E-state index in [1.807, 2.05) is 0 Å². The first-order valence-electron chi connectivity index (χ1n) is 5.01. The Bertz CT molecular complexity index is 459. The number of ether oxygens (including phenoxy) is 1. The molecule has 0 aliphatic carbocycles. The van der Waals surface area contributed by atoms with E-state index in [2.05, 4.69) is 20.7 Å². The predicted octanol–water partition coefficient (Wildman–Crippen LogP) is 3.73. The van der Waals surface area contributed by atoms with Crippen LogP contribution in [0.3, 0.4) is 0 Å². The number of halogens is 6. The molecule has 0 saturated carbocycles. The quantitative estimate of drug-likeness (QED) is 0.613. The van der Waals surface area contributed by atoms with Gasteiger partial charge in [-0.05, 0) is 17.7 Å². The molecule has 0 spiro atoms. The zero-order chi connectivity index (χ0) is 14.7. The lowest BCUT2D eigenvalue weighted by atomic mass is 10.2. The molecule has 1 aromatic carbocycles. The summed E-state index contributed by atoms with van der Waals surface area (Å²) in [6.45, 7) is -0.555. The van der Waals surface area contributed by atoms with Crippen LogP contribution in [-0.4, -0.2) is 24.7 Å². The van der Waals surface area contributed by atoms with Crippen molar-refractivity contribution < 1.29 is 31.5 Å². The minimum Gasteiger partial charge on any atom is -0.461 e. The fraction of sp³-hybridized carbons (Fsp3) is 0.364. The van der Waals surface area contributed by atoms with Crippen LogP contribution < -0.4 is 0 Å². The maximum Gasteiger partial charge on any atom is 0.465 e. The first-order chi connectivity index (χ1) is 8.64. The Hall–Kier alpha value is -1.18. The Balaban J connectivity index is 2.52. The highest BCUT2D eigenvalue weighted by molar-refractivity contribution is 9.10. The molecule has 0 heterocycles. The van der Waals surface area contributed by atoms with Crippen molar-refractivity contribution in [3.05, 3.63) is 34.3 Å². The molecule has 0 radical (unpaired) electrons. The third-order valence-corrected chi connectivity index (χ3v) is 2.62. The fourth-order valence-electron chi connectivity index (χ4n) is 1.16. The van der Waals surface area contributed by atoms with Gasteiger partial charge in [0.25, 0.3) is 0 Å². The van der Waals surface area contributed by atoms with Gasteiger partial charge in [0, 0.05) is 10.9 Å². The third kappa shape index (κ3) is 4.15. The van der Waals surface area contributed by atoms with Crippen LogP contribution in [0.5, 0.6) is 0 Å². The van der Waals surface area contributed by atoms with Crippen LogP contribution >= 0.6 is 15.9 Å². The van der Waals surface area contributed by atoms with Crippen LogP contribution in [-0.2, 0) is 16.0 Å². The van der Waals surface area contributed by atoms with Crippen molar-refractivity contribution >= 4 is 21.9 Å². The van der Waals surface area contributed by atoms with Crippen LogP contribution in [0.1, 0.15) is 5.56 Å². The number of carbonyl (C=O) groups is 1. The molecule has 0 atom stereocenters. The van der Waals surface area contributed by atoms with Crippen molar-refractivity contribution in [2.75, 3.05) is 6.61 Å². The topological polar surface area (TPSA) is 26.3 Å². The van der Waals surface area contributed by atoms with Gasteiger partial charge in [-0.25, -0.2) is 4.79 Å². The zero-order valence-electron chi connectivity index (χ0n) is 9.31. The molecule has 0 amide bonds. The van der Waals surface area contributed by atoms with Crippen molar-refractivity contribution in [2.45, 2.75) is 18.5 Å². The molecule has 0 N–H and O–H groups in total. The van der Waals surface area contributed by atoms with Gasteiger partial charge >= 0.3 is 18.1 Å². The lowest BCUT2D eigenvalue weighted by Crippen LogP contribution is -2.45. The number of rotatable bonds is 4.